The van der Waals surface area contributed by atoms with E-state index >= 15 is 0 Å². The van der Waals surface area contributed by atoms with Crippen LogP contribution in [0.5, 0.6) is 0 Å². The molecule has 0 saturated heterocycles. The van der Waals surface area contributed by atoms with Gasteiger partial charge in [0, 0.05) is 4.90 Å². The second kappa shape index (κ2) is 6.10. The minimum atomic E-state index is -0.166. The standard InChI is InChI=1S/C14H20O2S/c1-14(2,3)8-9-16-13(15)10-11-4-6-12(17)7-5-11/h4-7,17H,8-10H2,1-3H3. The zero-order valence-electron chi connectivity index (χ0n) is 10.7. The van der Waals surface area contributed by atoms with Crippen LogP contribution >= 0.6 is 12.6 Å². The molecular formula is C14H20O2S. The maximum atomic E-state index is 11.5. The van der Waals surface area contributed by atoms with E-state index in [4.69, 9.17) is 4.74 Å². The van der Waals surface area contributed by atoms with Crippen LogP contribution in [0.15, 0.2) is 29.2 Å². The van der Waals surface area contributed by atoms with Crippen molar-refractivity contribution >= 4 is 18.6 Å². The van der Waals surface area contributed by atoms with Crippen molar-refractivity contribution in [3.63, 3.8) is 0 Å². The van der Waals surface area contributed by atoms with Gasteiger partial charge in [0.1, 0.15) is 0 Å². The third-order valence-electron chi connectivity index (χ3n) is 2.40. The normalized spacial score (nSPS) is 11.3. The number of benzene rings is 1. The quantitative estimate of drug-likeness (QED) is 0.655. The summed E-state index contributed by atoms with van der Waals surface area (Å²) in [6.07, 6.45) is 1.21. The number of hydrogen-bond acceptors (Lipinski definition) is 3. The van der Waals surface area contributed by atoms with Crippen LogP contribution in [0.3, 0.4) is 0 Å². The third kappa shape index (κ3) is 6.37. The van der Waals surface area contributed by atoms with Crippen LogP contribution in [0.4, 0.5) is 0 Å². The molecule has 0 N–H and O–H groups in total. The van der Waals surface area contributed by atoms with Gasteiger partial charge in [-0.15, -0.1) is 12.6 Å². The number of esters is 1. The van der Waals surface area contributed by atoms with Crippen molar-refractivity contribution in [2.24, 2.45) is 5.41 Å². The Morgan fingerprint density at radius 2 is 1.82 bits per heavy atom. The van der Waals surface area contributed by atoms with E-state index in [0.717, 1.165) is 16.9 Å². The average Bonchev–Trinajstić information content (AvgIpc) is 2.19. The topological polar surface area (TPSA) is 26.3 Å². The molecule has 1 aromatic rings. The van der Waals surface area contributed by atoms with E-state index in [-0.39, 0.29) is 11.4 Å². The van der Waals surface area contributed by atoms with E-state index in [1.54, 1.807) is 0 Å². The Hall–Kier alpha value is -0.960. The predicted molar refractivity (Wildman–Crippen MR) is 72.4 cm³/mol. The molecule has 1 aromatic carbocycles. The molecular weight excluding hydrogens is 232 g/mol. The van der Waals surface area contributed by atoms with Gasteiger partial charge in [-0.25, -0.2) is 0 Å². The summed E-state index contributed by atoms with van der Waals surface area (Å²) in [7, 11) is 0. The van der Waals surface area contributed by atoms with Gasteiger partial charge in [0.15, 0.2) is 0 Å². The molecule has 1 rings (SSSR count). The molecule has 17 heavy (non-hydrogen) atoms. The SMILES string of the molecule is CC(C)(C)CCOC(=O)Cc1ccc(S)cc1. The highest BCUT2D eigenvalue weighted by atomic mass is 32.1. The number of hydrogen-bond donors (Lipinski definition) is 1. The van der Waals surface area contributed by atoms with E-state index in [2.05, 4.69) is 33.4 Å². The summed E-state index contributed by atoms with van der Waals surface area (Å²) in [5.74, 6) is -0.166. The lowest BCUT2D eigenvalue weighted by molar-refractivity contribution is -0.143. The molecule has 0 amide bonds. The lowest BCUT2D eigenvalue weighted by Crippen LogP contribution is -2.14. The van der Waals surface area contributed by atoms with Crippen LogP contribution in [-0.2, 0) is 16.0 Å². The number of carbonyl (C=O) groups is 1. The second-order valence-corrected chi connectivity index (χ2v) is 5.89. The summed E-state index contributed by atoms with van der Waals surface area (Å²) in [5, 5.41) is 0. The van der Waals surface area contributed by atoms with E-state index in [1.165, 1.54) is 0 Å². The zero-order chi connectivity index (χ0) is 12.9. The average molecular weight is 252 g/mol. The molecule has 0 atom stereocenters. The first-order valence-corrected chi connectivity index (χ1v) is 6.25. The van der Waals surface area contributed by atoms with E-state index < -0.39 is 0 Å². The van der Waals surface area contributed by atoms with E-state index in [9.17, 15) is 4.79 Å². The van der Waals surface area contributed by atoms with Gasteiger partial charge in [-0.2, -0.15) is 0 Å². The first-order chi connectivity index (χ1) is 7.87. The van der Waals surface area contributed by atoms with Crippen molar-refractivity contribution < 1.29 is 9.53 Å². The lowest BCUT2D eigenvalue weighted by Gasteiger charge is -2.17. The first kappa shape index (κ1) is 14.1. The van der Waals surface area contributed by atoms with Crippen LogP contribution < -0.4 is 0 Å². The van der Waals surface area contributed by atoms with Crippen molar-refractivity contribution in [2.45, 2.75) is 38.5 Å². The molecule has 0 unspecified atom stereocenters. The number of thiol groups is 1. The van der Waals surface area contributed by atoms with Crippen LogP contribution in [-0.4, -0.2) is 12.6 Å². The molecule has 2 nitrogen and oxygen atoms in total. The third-order valence-corrected chi connectivity index (χ3v) is 2.70. The molecule has 0 heterocycles. The van der Waals surface area contributed by atoms with Crippen molar-refractivity contribution in [3.05, 3.63) is 29.8 Å². The first-order valence-electron chi connectivity index (χ1n) is 5.80. The Bertz CT molecular complexity index is 363. The van der Waals surface area contributed by atoms with Gasteiger partial charge in [0.05, 0.1) is 13.0 Å². The molecule has 0 aromatic heterocycles. The smallest absolute Gasteiger partial charge is 0.310 e. The Morgan fingerprint density at radius 3 is 2.35 bits per heavy atom. The minimum Gasteiger partial charge on any atom is -0.465 e. The highest BCUT2D eigenvalue weighted by Crippen LogP contribution is 2.18. The van der Waals surface area contributed by atoms with E-state index in [1.807, 2.05) is 24.3 Å². The maximum absolute atomic E-state index is 11.5. The highest BCUT2D eigenvalue weighted by Gasteiger charge is 2.11. The van der Waals surface area contributed by atoms with Gasteiger partial charge in [0.25, 0.3) is 0 Å². The molecule has 94 valence electrons. The molecule has 0 saturated carbocycles. The molecule has 0 bridgehead atoms. The fraction of sp³-hybridized carbons (Fsp3) is 0.500. The summed E-state index contributed by atoms with van der Waals surface area (Å²) in [6.45, 7) is 6.89. The minimum absolute atomic E-state index is 0.166. The Labute approximate surface area is 109 Å². The Balaban J connectivity index is 2.32. The van der Waals surface area contributed by atoms with Crippen molar-refractivity contribution in [3.8, 4) is 0 Å². The molecule has 0 aliphatic heterocycles. The van der Waals surface area contributed by atoms with Crippen LogP contribution in [0.1, 0.15) is 32.8 Å². The molecule has 0 spiro atoms. The molecule has 0 fully saturated rings. The summed E-state index contributed by atoms with van der Waals surface area (Å²) >= 11 is 4.19. The molecule has 0 radical (unpaired) electrons. The van der Waals surface area contributed by atoms with Gasteiger partial charge in [-0.1, -0.05) is 32.9 Å². The fourth-order valence-corrected chi connectivity index (χ4v) is 1.45. The highest BCUT2D eigenvalue weighted by molar-refractivity contribution is 7.80. The summed E-state index contributed by atoms with van der Waals surface area (Å²) < 4.78 is 5.19. The van der Waals surface area contributed by atoms with Crippen molar-refractivity contribution in [1.82, 2.24) is 0 Å². The maximum Gasteiger partial charge on any atom is 0.310 e. The molecule has 3 heteroatoms. The van der Waals surface area contributed by atoms with Gasteiger partial charge in [-0.3, -0.25) is 4.79 Å². The summed E-state index contributed by atoms with van der Waals surface area (Å²) in [6, 6.07) is 7.54. The fourth-order valence-electron chi connectivity index (χ4n) is 1.30. The Kier molecular flexibility index (Phi) is 5.06. The molecule has 0 aliphatic carbocycles. The number of carbonyl (C=O) groups excluding carboxylic acids is 1. The number of rotatable bonds is 4. The van der Waals surface area contributed by atoms with Crippen molar-refractivity contribution in [1.29, 1.82) is 0 Å². The van der Waals surface area contributed by atoms with Gasteiger partial charge in [0.2, 0.25) is 0 Å². The van der Waals surface area contributed by atoms with Crippen LogP contribution in [0.25, 0.3) is 0 Å². The van der Waals surface area contributed by atoms with Crippen molar-refractivity contribution in [2.75, 3.05) is 6.61 Å². The Morgan fingerprint density at radius 1 is 1.24 bits per heavy atom. The predicted octanol–water partition coefficient (Wildman–Crippen LogP) is 3.50. The summed E-state index contributed by atoms with van der Waals surface area (Å²) in [4.78, 5) is 12.4. The van der Waals surface area contributed by atoms with E-state index in [0.29, 0.717) is 13.0 Å². The second-order valence-electron chi connectivity index (χ2n) is 5.37. The molecule has 0 aliphatic rings. The van der Waals surface area contributed by atoms with Gasteiger partial charge >= 0.3 is 5.97 Å². The van der Waals surface area contributed by atoms with Crippen LogP contribution in [0.2, 0.25) is 0 Å². The summed E-state index contributed by atoms with van der Waals surface area (Å²) in [5.41, 5.74) is 1.16. The largest absolute Gasteiger partial charge is 0.465 e. The van der Waals surface area contributed by atoms with Gasteiger partial charge in [-0.05, 0) is 29.5 Å². The number of ether oxygens (including phenoxy) is 1. The lowest BCUT2D eigenvalue weighted by atomic mass is 9.93. The zero-order valence-corrected chi connectivity index (χ0v) is 11.6. The van der Waals surface area contributed by atoms with Crippen LogP contribution in [0, 0.1) is 5.41 Å². The monoisotopic (exact) mass is 252 g/mol. The van der Waals surface area contributed by atoms with Gasteiger partial charge < -0.3 is 4.74 Å².